The van der Waals surface area contributed by atoms with Crippen LogP contribution in [0.3, 0.4) is 0 Å². The van der Waals surface area contributed by atoms with E-state index in [0.717, 1.165) is 24.8 Å². The summed E-state index contributed by atoms with van der Waals surface area (Å²) in [4.78, 5) is 4.72. The molecule has 0 aromatic heterocycles. The lowest BCUT2D eigenvalue weighted by Gasteiger charge is -2.24. The maximum atomic E-state index is 5.34. The van der Waals surface area contributed by atoms with Gasteiger partial charge in [-0.25, -0.2) is 4.99 Å². The van der Waals surface area contributed by atoms with E-state index in [4.69, 9.17) is 9.73 Å². The molecule has 24 heavy (non-hydrogen) atoms. The Morgan fingerprint density at radius 3 is 2.75 bits per heavy atom. The number of benzene rings is 1. The molecule has 2 rings (SSSR count). The first kappa shape index (κ1) is 21.4. The second kappa shape index (κ2) is 10.4. The first-order chi connectivity index (χ1) is 11.0. The Balaban J connectivity index is 0.00000288. The van der Waals surface area contributed by atoms with E-state index < -0.39 is 0 Å². The molecule has 1 aliphatic heterocycles. The van der Waals surface area contributed by atoms with Crippen LogP contribution in [-0.2, 0) is 6.54 Å². The van der Waals surface area contributed by atoms with Gasteiger partial charge in [-0.3, -0.25) is 0 Å². The molecule has 1 aromatic carbocycles. The number of methoxy groups -OCH3 is 1. The Hall–Kier alpha value is -0.630. The lowest BCUT2D eigenvalue weighted by molar-refractivity contribution is 0.414. The molecule has 0 aliphatic carbocycles. The molecule has 0 spiro atoms. The summed E-state index contributed by atoms with van der Waals surface area (Å²) < 4.78 is 5.67. The fourth-order valence-corrected chi connectivity index (χ4v) is 4.04. The summed E-state index contributed by atoms with van der Waals surface area (Å²) in [6, 6.07) is 6.24. The van der Waals surface area contributed by atoms with E-state index in [1.807, 2.05) is 12.1 Å². The molecule has 1 heterocycles. The largest absolute Gasteiger partial charge is 0.497 e. The first-order valence-corrected chi connectivity index (χ1v) is 9.34. The van der Waals surface area contributed by atoms with Gasteiger partial charge in [0.05, 0.1) is 13.7 Å². The topological polar surface area (TPSA) is 45.7 Å². The van der Waals surface area contributed by atoms with Crippen LogP contribution >= 0.6 is 35.7 Å². The fraction of sp³-hybridized carbons (Fsp3) is 0.611. The summed E-state index contributed by atoms with van der Waals surface area (Å²) in [5.41, 5.74) is 2.36. The lowest BCUT2D eigenvalue weighted by Crippen LogP contribution is -2.43. The van der Waals surface area contributed by atoms with Crippen molar-refractivity contribution in [3.8, 4) is 5.75 Å². The van der Waals surface area contributed by atoms with Crippen LogP contribution in [0.25, 0.3) is 0 Å². The molecule has 1 fully saturated rings. The third-order valence-electron chi connectivity index (χ3n) is 4.04. The number of hydrogen-bond donors (Lipinski definition) is 2. The second-order valence-corrected chi connectivity index (χ2v) is 7.99. The second-order valence-electron chi connectivity index (χ2n) is 6.31. The zero-order chi connectivity index (χ0) is 16.7. The molecule has 1 atom stereocenters. The van der Waals surface area contributed by atoms with E-state index in [0.29, 0.717) is 11.3 Å². The number of nitrogens with zero attached hydrogens (tertiary/aromatic N) is 1. The van der Waals surface area contributed by atoms with Gasteiger partial charge in [0.1, 0.15) is 5.75 Å². The van der Waals surface area contributed by atoms with Crippen LogP contribution in [0, 0.1) is 6.92 Å². The Bertz CT molecular complexity index is 545. The minimum absolute atomic E-state index is 0. The monoisotopic (exact) mass is 463 g/mol. The molecular weight excluding hydrogens is 433 g/mol. The highest BCUT2D eigenvalue weighted by atomic mass is 127. The Labute approximate surface area is 167 Å². The third-order valence-corrected chi connectivity index (χ3v) is 5.58. The number of aliphatic imine (C=N–C) groups is 1. The van der Waals surface area contributed by atoms with Crippen molar-refractivity contribution in [1.29, 1.82) is 0 Å². The van der Waals surface area contributed by atoms with Gasteiger partial charge in [0.25, 0.3) is 0 Å². The molecule has 6 heteroatoms. The minimum Gasteiger partial charge on any atom is -0.497 e. The number of ether oxygens (including phenoxy) is 1. The van der Waals surface area contributed by atoms with Gasteiger partial charge in [-0.05, 0) is 62.6 Å². The molecule has 0 amide bonds. The lowest BCUT2D eigenvalue weighted by atomic mass is 10.1. The molecule has 4 nitrogen and oxygen atoms in total. The van der Waals surface area contributed by atoms with Crippen molar-refractivity contribution in [1.82, 2.24) is 10.6 Å². The number of halogens is 1. The number of guanidine groups is 1. The minimum atomic E-state index is 0. The number of aryl methyl sites for hydroxylation is 1. The molecule has 1 aliphatic rings. The van der Waals surface area contributed by atoms with Crippen LogP contribution in [0.1, 0.15) is 37.8 Å². The van der Waals surface area contributed by atoms with Crippen molar-refractivity contribution in [3.63, 3.8) is 0 Å². The van der Waals surface area contributed by atoms with Gasteiger partial charge in [-0.2, -0.15) is 11.8 Å². The molecule has 0 saturated carbocycles. The van der Waals surface area contributed by atoms with Gasteiger partial charge in [-0.1, -0.05) is 6.07 Å². The van der Waals surface area contributed by atoms with E-state index in [1.54, 1.807) is 7.11 Å². The molecule has 1 aromatic rings. The van der Waals surface area contributed by atoms with E-state index in [-0.39, 0.29) is 24.0 Å². The van der Waals surface area contributed by atoms with Crippen LogP contribution in [0.2, 0.25) is 0 Å². The number of hydrogen-bond acceptors (Lipinski definition) is 3. The van der Waals surface area contributed by atoms with Gasteiger partial charge in [0, 0.05) is 17.8 Å². The van der Waals surface area contributed by atoms with Crippen molar-refractivity contribution < 1.29 is 4.74 Å². The van der Waals surface area contributed by atoms with E-state index in [2.05, 4.69) is 49.2 Å². The molecular formula is C18H30IN3OS. The number of nitrogens with one attached hydrogen (secondary N) is 2. The van der Waals surface area contributed by atoms with Gasteiger partial charge in [0.15, 0.2) is 5.96 Å². The summed E-state index contributed by atoms with van der Waals surface area (Å²) in [6.45, 7) is 8.99. The van der Waals surface area contributed by atoms with E-state index in [1.165, 1.54) is 29.7 Å². The SMILES string of the molecule is CCNC(=NCc1cc(C)cc(OC)c1)NCC1(C)CCCS1.I. The molecule has 136 valence electrons. The van der Waals surface area contributed by atoms with Crippen molar-refractivity contribution in [2.24, 2.45) is 4.99 Å². The summed E-state index contributed by atoms with van der Waals surface area (Å²) in [5.74, 6) is 3.05. The maximum Gasteiger partial charge on any atom is 0.191 e. The Morgan fingerprint density at radius 2 is 2.12 bits per heavy atom. The van der Waals surface area contributed by atoms with Crippen molar-refractivity contribution >= 4 is 41.7 Å². The van der Waals surface area contributed by atoms with Crippen LogP contribution in [0.4, 0.5) is 0 Å². The normalized spacial score (nSPS) is 20.4. The van der Waals surface area contributed by atoms with Crippen LogP contribution in [-0.4, -0.2) is 36.7 Å². The first-order valence-electron chi connectivity index (χ1n) is 8.35. The average molecular weight is 463 g/mol. The summed E-state index contributed by atoms with van der Waals surface area (Å²) in [6.07, 6.45) is 2.60. The predicted octanol–water partition coefficient (Wildman–Crippen LogP) is 3.96. The van der Waals surface area contributed by atoms with Crippen LogP contribution in [0.15, 0.2) is 23.2 Å². The van der Waals surface area contributed by atoms with E-state index in [9.17, 15) is 0 Å². The number of rotatable bonds is 6. The molecule has 1 unspecified atom stereocenters. The quantitative estimate of drug-likeness (QED) is 0.381. The molecule has 2 N–H and O–H groups in total. The highest BCUT2D eigenvalue weighted by Crippen LogP contribution is 2.36. The van der Waals surface area contributed by atoms with Crippen LogP contribution in [0.5, 0.6) is 5.75 Å². The van der Waals surface area contributed by atoms with Gasteiger partial charge < -0.3 is 15.4 Å². The zero-order valence-corrected chi connectivity index (χ0v) is 18.3. The maximum absolute atomic E-state index is 5.34. The van der Waals surface area contributed by atoms with Gasteiger partial charge >= 0.3 is 0 Å². The number of thioether (sulfide) groups is 1. The summed E-state index contributed by atoms with van der Waals surface area (Å²) in [5, 5.41) is 6.84. The van der Waals surface area contributed by atoms with E-state index >= 15 is 0 Å². The molecule has 0 bridgehead atoms. The molecule has 1 saturated heterocycles. The highest BCUT2D eigenvalue weighted by Gasteiger charge is 2.29. The zero-order valence-electron chi connectivity index (χ0n) is 15.1. The Kier molecular flexibility index (Phi) is 9.26. The van der Waals surface area contributed by atoms with Gasteiger partial charge in [0.2, 0.25) is 0 Å². The standard InChI is InChI=1S/C18H29N3OS.HI/c1-5-19-17(21-13-18(3)7-6-8-23-18)20-12-15-9-14(2)10-16(11-15)22-4;/h9-11H,5-8,12-13H2,1-4H3,(H2,19,20,21);1H. The van der Waals surface area contributed by atoms with Crippen molar-refractivity contribution in [2.45, 2.75) is 44.9 Å². The van der Waals surface area contributed by atoms with Crippen LogP contribution < -0.4 is 15.4 Å². The summed E-state index contributed by atoms with van der Waals surface area (Å²) in [7, 11) is 1.70. The van der Waals surface area contributed by atoms with Crippen molar-refractivity contribution in [3.05, 3.63) is 29.3 Å². The van der Waals surface area contributed by atoms with Crippen molar-refractivity contribution in [2.75, 3.05) is 26.0 Å². The fourth-order valence-electron chi connectivity index (χ4n) is 2.79. The highest BCUT2D eigenvalue weighted by molar-refractivity contribution is 14.0. The summed E-state index contributed by atoms with van der Waals surface area (Å²) >= 11 is 2.06. The van der Waals surface area contributed by atoms with Gasteiger partial charge in [-0.15, -0.1) is 24.0 Å². The average Bonchev–Trinajstić information content (AvgIpc) is 2.96. The third kappa shape index (κ3) is 6.70. The predicted molar refractivity (Wildman–Crippen MR) is 116 cm³/mol. The smallest absolute Gasteiger partial charge is 0.191 e. The Morgan fingerprint density at radius 1 is 1.33 bits per heavy atom. The molecule has 0 radical (unpaired) electrons.